The highest BCUT2D eigenvalue weighted by Crippen LogP contribution is 2.34. The number of primary amides is 1. The highest BCUT2D eigenvalue weighted by atomic mass is 19.1. The Labute approximate surface area is 176 Å². The smallest absolute Gasteiger partial charge is 0.460 e. The first-order chi connectivity index (χ1) is 14.8. The first kappa shape index (κ1) is 20.5. The van der Waals surface area contributed by atoms with Crippen LogP contribution in [0.3, 0.4) is 0 Å². The van der Waals surface area contributed by atoms with E-state index in [9.17, 15) is 19.2 Å². The molecule has 0 fully saturated rings. The van der Waals surface area contributed by atoms with E-state index in [1.807, 2.05) is 0 Å². The van der Waals surface area contributed by atoms with Crippen molar-refractivity contribution in [1.82, 2.24) is 9.97 Å². The lowest BCUT2D eigenvalue weighted by atomic mass is 9.85. The summed E-state index contributed by atoms with van der Waals surface area (Å²) in [5, 5.41) is 23.0. The van der Waals surface area contributed by atoms with Crippen molar-refractivity contribution in [3.05, 3.63) is 71.2 Å². The van der Waals surface area contributed by atoms with Crippen molar-refractivity contribution < 1.29 is 23.7 Å². The quantitative estimate of drug-likeness (QED) is 0.349. The van der Waals surface area contributed by atoms with Crippen LogP contribution in [0, 0.1) is 12.7 Å². The number of furan rings is 1. The lowest BCUT2D eigenvalue weighted by molar-refractivity contribution is 0.100. The second-order valence-corrected chi connectivity index (χ2v) is 6.94. The number of anilines is 1. The minimum atomic E-state index is -1.84. The molecule has 8 nitrogen and oxygen atoms in total. The number of hydrogen-bond donors (Lipinski definition) is 4. The number of benzene rings is 2. The monoisotopic (exact) mass is 420 g/mol. The molecular weight excluding hydrogens is 402 g/mol. The lowest BCUT2D eigenvalue weighted by Gasteiger charge is -2.10. The summed E-state index contributed by atoms with van der Waals surface area (Å²) >= 11 is 0. The van der Waals surface area contributed by atoms with Crippen LogP contribution in [0.25, 0.3) is 22.4 Å². The molecule has 0 aliphatic heterocycles. The van der Waals surface area contributed by atoms with Crippen molar-refractivity contribution in [2.75, 3.05) is 5.32 Å². The lowest BCUT2D eigenvalue weighted by Crippen LogP contribution is -2.33. The number of nitrogens with zero attached hydrogens (tertiary/aromatic N) is 2. The maximum absolute atomic E-state index is 13.4. The summed E-state index contributed by atoms with van der Waals surface area (Å²) in [6, 6.07) is 12.4. The topological polar surface area (TPSA) is 134 Å². The van der Waals surface area contributed by atoms with Crippen LogP contribution in [0.15, 0.2) is 52.9 Å². The highest BCUT2D eigenvalue weighted by molar-refractivity contribution is 6.57. The van der Waals surface area contributed by atoms with Gasteiger partial charge in [-0.15, -0.1) is 0 Å². The number of carbonyl (C=O) groups is 1. The first-order valence-corrected chi connectivity index (χ1v) is 9.39. The van der Waals surface area contributed by atoms with E-state index in [1.165, 1.54) is 18.2 Å². The van der Waals surface area contributed by atoms with Gasteiger partial charge in [0.15, 0.2) is 5.82 Å². The van der Waals surface area contributed by atoms with Crippen molar-refractivity contribution in [2.45, 2.75) is 13.5 Å². The Morgan fingerprint density at radius 2 is 1.97 bits per heavy atom. The average Bonchev–Trinajstić information content (AvgIpc) is 3.07. The molecule has 4 aromatic rings. The molecule has 2 aromatic heterocycles. The molecular formula is C21H18BFN4O4. The summed E-state index contributed by atoms with van der Waals surface area (Å²) < 4.78 is 19.2. The van der Waals surface area contributed by atoms with E-state index in [-0.39, 0.29) is 29.3 Å². The SMILES string of the molecule is Cc1oc2c(C(N)=O)cccc2c1-c1nc(NCc2cccc(F)c2)cc(B(O)O)n1. The molecule has 0 unspecified atom stereocenters. The number of carbonyl (C=O) groups excluding carboxylic acids is 1. The number of aromatic nitrogens is 2. The Morgan fingerprint density at radius 3 is 2.68 bits per heavy atom. The normalized spacial score (nSPS) is 11.0. The van der Waals surface area contributed by atoms with E-state index >= 15 is 0 Å². The van der Waals surface area contributed by atoms with Crippen LogP contribution in [0.4, 0.5) is 10.2 Å². The summed E-state index contributed by atoms with van der Waals surface area (Å²) in [6.07, 6.45) is 0. The highest BCUT2D eigenvalue weighted by Gasteiger charge is 2.23. The van der Waals surface area contributed by atoms with Crippen molar-refractivity contribution in [3.8, 4) is 11.4 Å². The van der Waals surface area contributed by atoms with Gasteiger partial charge in [0, 0.05) is 11.9 Å². The van der Waals surface area contributed by atoms with Gasteiger partial charge in [-0.2, -0.15) is 0 Å². The van der Waals surface area contributed by atoms with Gasteiger partial charge in [0.25, 0.3) is 5.91 Å². The van der Waals surface area contributed by atoms with Gasteiger partial charge in [-0.25, -0.2) is 14.4 Å². The zero-order valence-electron chi connectivity index (χ0n) is 16.5. The molecule has 1 amide bonds. The maximum Gasteiger partial charge on any atom is 0.508 e. The minimum Gasteiger partial charge on any atom is -0.460 e. The van der Waals surface area contributed by atoms with Gasteiger partial charge in [0.05, 0.1) is 16.7 Å². The summed E-state index contributed by atoms with van der Waals surface area (Å²) in [5.41, 5.74) is 7.10. The Kier molecular flexibility index (Phi) is 5.41. The number of aryl methyl sites for hydroxylation is 1. The number of rotatable bonds is 6. The molecule has 156 valence electrons. The van der Waals surface area contributed by atoms with E-state index in [0.29, 0.717) is 33.7 Å². The van der Waals surface area contributed by atoms with Crippen LogP contribution in [0.2, 0.25) is 0 Å². The molecule has 10 heteroatoms. The van der Waals surface area contributed by atoms with E-state index in [0.717, 1.165) is 0 Å². The van der Waals surface area contributed by atoms with Crippen LogP contribution in [0.5, 0.6) is 0 Å². The Hall–Kier alpha value is -3.76. The molecule has 0 spiro atoms. The van der Waals surface area contributed by atoms with Gasteiger partial charge in [-0.05, 0) is 36.8 Å². The molecule has 0 aliphatic carbocycles. The zero-order valence-corrected chi connectivity index (χ0v) is 16.5. The number of halogens is 1. The van der Waals surface area contributed by atoms with Crippen molar-refractivity contribution in [2.24, 2.45) is 5.73 Å². The Balaban J connectivity index is 1.79. The molecule has 2 aromatic carbocycles. The van der Waals surface area contributed by atoms with Crippen LogP contribution >= 0.6 is 0 Å². The largest absolute Gasteiger partial charge is 0.508 e. The van der Waals surface area contributed by atoms with Gasteiger partial charge in [0.1, 0.15) is 23.0 Å². The van der Waals surface area contributed by atoms with Crippen LogP contribution in [-0.4, -0.2) is 33.0 Å². The predicted octanol–water partition coefficient (Wildman–Crippen LogP) is 1.73. The maximum atomic E-state index is 13.4. The summed E-state index contributed by atoms with van der Waals surface area (Å²) in [4.78, 5) is 20.5. The summed E-state index contributed by atoms with van der Waals surface area (Å²) in [7, 11) is -1.84. The molecule has 2 heterocycles. The van der Waals surface area contributed by atoms with Gasteiger partial charge in [-0.1, -0.05) is 24.3 Å². The Morgan fingerprint density at radius 1 is 1.19 bits per heavy atom. The van der Waals surface area contributed by atoms with Gasteiger partial charge in [-0.3, -0.25) is 4.79 Å². The number of hydrogen-bond acceptors (Lipinski definition) is 7. The summed E-state index contributed by atoms with van der Waals surface area (Å²) in [6.45, 7) is 1.94. The minimum absolute atomic E-state index is 0.0356. The zero-order chi connectivity index (χ0) is 22.1. The number of para-hydroxylation sites is 1. The van der Waals surface area contributed by atoms with Gasteiger partial charge in [0.2, 0.25) is 0 Å². The molecule has 5 N–H and O–H groups in total. The third-order valence-electron chi connectivity index (χ3n) is 4.75. The van der Waals surface area contributed by atoms with Crippen LogP contribution in [-0.2, 0) is 6.54 Å². The van der Waals surface area contributed by atoms with Crippen LogP contribution < -0.4 is 16.6 Å². The van der Waals surface area contributed by atoms with Crippen molar-refractivity contribution >= 4 is 35.4 Å². The number of nitrogens with two attached hydrogens (primary N) is 1. The fraction of sp³-hybridized carbons (Fsp3) is 0.0952. The molecule has 0 radical (unpaired) electrons. The van der Waals surface area contributed by atoms with E-state index in [4.69, 9.17) is 10.2 Å². The second-order valence-electron chi connectivity index (χ2n) is 6.94. The van der Waals surface area contributed by atoms with Crippen LogP contribution in [0.1, 0.15) is 21.7 Å². The number of amides is 1. The van der Waals surface area contributed by atoms with Gasteiger partial charge < -0.3 is 25.5 Å². The molecule has 0 saturated heterocycles. The predicted molar refractivity (Wildman–Crippen MR) is 114 cm³/mol. The molecule has 0 atom stereocenters. The fourth-order valence-electron chi connectivity index (χ4n) is 3.35. The third-order valence-corrected chi connectivity index (χ3v) is 4.75. The summed E-state index contributed by atoms with van der Waals surface area (Å²) in [5.74, 6) is -0.0876. The Bertz CT molecular complexity index is 1290. The standard InChI is InChI=1S/C21H18BFN4O4/c1-11-18(14-6-3-7-15(20(24)28)19(14)31-11)21-26-16(22(29)30)9-17(27-21)25-10-12-4-2-5-13(23)8-12/h2-9,29-30H,10H2,1H3,(H2,24,28)(H,25,26,27). The fourth-order valence-corrected chi connectivity index (χ4v) is 3.35. The number of fused-ring (bicyclic) bond motifs is 1. The molecule has 0 saturated carbocycles. The van der Waals surface area contributed by atoms with E-state index in [2.05, 4.69) is 15.3 Å². The second kappa shape index (κ2) is 8.17. The van der Waals surface area contributed by atoms with Crippen molar-refractivity contribution in [3.63, 3.8) is 0 Å². The van der Waals surface area contributed by atoms with Gasteiger partial charge >= 0.3 is 7.12 Å². The van der Waals surface area contributed by atoms with E-state index < -0.39 is 13.0 Å². The molecule has 4 rings (SSSR count). The first-order valence-electron chi connectivity index (χ1n) is 9.39. The average molecular weight is 420 g/mol. The molecule has 0 aliphatic rings. The number of nitrogens with one attached hydrogen (secondary N) is 1. The molecule has 31 heavy (non-hydrogen) atoms. The van der Waals surface area contributed by atoms with Crippen molar-refractivity contribution in [1.29, 1.82) is 0 Å². The van der Waals surface area contributed by atoms with E-state index in [1.54, 1.807) is 37.3 Å². The molecule has 0 bridgehead atoms. The third kappa shape index (κ3) is 4.11.